The first-order chi connectivity index (χ1) is 11.3. The Kier molecular flexibility index (Phi) is 4.08. The highest BCUT2D eigenvalue weighted by atomic mass is 32.2. The number of hydrogen-bond donors (Lipinski definition) is 3. The van der Waals surface area contributed by atoms with E-state index in [-0.39, 0.29) is 29.0 Å². The third-order valence-corrected chi connectivity index (χ3v) is 6.14. The molecule has 0 aliphatic carbocycles. The minimum atomic E-state index is -3.05. The predicted octanol–water partition coefficient (Wildman–Crippen LogP) is 1.32. The molecule has 3 N–H and O–H groups in total. The summed E-state index contributed by atoms with van der Waals surface area (Å²) in [5.74, 6) is -0.199. The molecule has 1 saturated heterocycles. The third-order valence-electron chi connectivity index (χ3n) is 4.37. The van der Waals surface area contributed by atoms with Crippen LogP contribution in [-0.2, 0) is 9.84 Å². The van der Waals surface area contributed by atoms with Crippen LogP contribution in [0.4, 0.5) is 0 Å². The van der Waals surface area contributed by atoms with Crippen molar-refractivity contribution in [1.82, 2.24) is 15.5 Å². The molecule has 8 heteroatoms. The van der Waals surface area contributed by atoms with Gasteiger partial charge in [-0.3, -0.25) is 9.89 Å². The Morgan fingerprint density at radius 3 is 2.79 bits per heavy atom. The van der Waals surface area contributed by atoms with Crippen molar-refractivity contribution in [2.24, 2.45) is 0 Å². The second-order valence-electron chi connectivity index (χ2n) is 6.14. The van der Waals surface area contributed by atoms with Crippen molar-refractivity contribution in [1.29, 1.82) is 0 Å². The molecule has 0 spiro atoms. The molecular weight excluding hydrogens is 330 g/mol. The molecule has 128 valence electrons. The molecule has 1 fully saturated rings. The number of benzene rings is 1. The average molecular weight is 349 g/mol. The Hall–Kier alpha value is -2.35. The Balaban J connectivity index is 1.79. The number of aromatic amines is 1. The Morgan fingerprint density at radius 1 is 1.38 bits per heavy atom. The van der Waals surface area contributed by atoms with Gasteiger partial charge in [0.15, 0.2) is 9.84 Å². The van der Waals surface area contributed by atoms with E-state index in [1.807, 2.05) is 19.9 Å². The number of amides is 1. The third kappa shape index (κ3) is 3.14. The van der Waals surface area contributed by atoms with Crippen molar-refractivity contribution in [3.8, 4) is 17.0 Å². The van der Waals surface area contributed by atoms with E-state index in [2.05, 4.69) is 15.5 Å². The lowest BCUT2D eigenvalue weighted by molar-refractivity contribution is 0.0936. The molecule has 2 heterocycles. The van der Waals surface area contributed by atoms with E-state index in [4.69, 9.17) is 0 Å². The van der Waals surface area contributed by atoms with E-state index in [0.717, 1.165) is 11.1 Å². The largest absolute Gasteiger partial charge is 0.507 e. The number of aryl methyl sites for hydroxylation is 1. The lowest BCUT2D eigenvalue weighted by Gasteiger charge is -2.09. The normalized spacial score (nSPS) is 19.3. The van der Waals surface area contributed by atoms with Crippen LogP contribution in [-0.4, -0.2) is 47.2 Å². The molecule has 1 aliphatic heterocycles. The van der Waals surface area contributed by atoms with Crippen LogP contribution in [0.25, 0.3) is 11.3 Å². The molecule has 0 radical (unpaired) electrons. The van der Waals surface area contributed by atoms with Gasteiger partial charge in [-0.25, -0.2) is 8.42 Å². The van der Waals surface area contributed by atoms with E-state index in [9.17, 15) is 18.3 Å². The van der Waals surface area contributed by atoms with Gasteiger partial charge in [0, 0.05) is 11.6 Å². The molecule has 0 saturated carbocycles. The van der Waals surface area contributed by atoms with Crippen LogP contribution < -0.4 is 5.32 Å². The number of phenols is 1. The van der Waals surface area contributed by atoms with Crippen molar-refractivity contribution in [2.45, 2.75) is 26.3 Å². The van der Waals surface area contributed by atoms with Gasteiger partial charge in [0.05, 0.1) is 17.2 Å². The zero-order valence-corrected chi connectivity index (χ0v) is 14.3. The summed E-state index contributed by atoms with van der Waals surface area (Å²) >= 11 is 0. The van der Waals surface area contributed by atoms with Crippen molar-refractivity contribution in [2.75, 3.05) is 11.5 Å². The molecule has 1 amide bonds. The number of hydrogen-bond acceptors (Lipinski definition) is 5. The van der Waals surface area contributed by atoms with E-state index in [0.29, 0.717) is 17.7 Å². The smallest absolute Gasteiger partial charge is 0.269 e. The molecule has 0 bridgehead atoms. The van der Waals surface area contributed by atoms with Crippen LogP contribution in [0.2, 0.25) is 0 Å². The van der Waals surface area contributed by atoms with Crippen LogP contribution in [0, 0.1) is 13.8 Å². The molecule has 1 aliphatic rings. The maximum Gasteiger partial charge on any atom is 0.269 e. The van der Waals surface area contributed by atoms with E-state index in [1.54, 1.807) is 12.1 Å². The average Bonchev–Trinajstić information content (AvgIpc) is 3.12. The highest BCUT2D eigenvalue weighted by Crippen LogP contribution is 2.32. The summed E-state index contributed by atoms with van der Waals surface area (Å²) in [6, 6.07) is 4.80. The zero-order chi connectivity index (χ0) is 17.5. The first kappa shape index (κ1) is 16.5. The molecule has 7 nitrogen and oxygen atoms in total. The Bertz CT molecular complexity index is 902. The summed E-state index contributed by atoms with van der Waals surface area (Å²) in [5.41, 5.74) is 2.95. The van der Waals surface area contributed by atoms with Gasteiger partial charge >= 0.3 is 0 Å². The number of aromatic hydroxyl groups is 1. The fourth-order valence-electron chi connectivity index (χ4n) is 2.76. The number of aromatic nitrogens is 2. The SMILES string of the molecule is Cc1ccc(-c2cc(C(=O)N[C@@H]3CCS(=O)(=O)C3)[nH]n2)c(O)c1C. The second-order valence-corrected chi connectivity index (χ2v) is 8.37. The van der Waals surface area contributed by atoms with Gasteiger partial charge in [0.2, 0.25) is 0 Å². The highest BCUT2D eigenvalue weighted by Gasteiger charge is 2.29. The van der Waals surface area contributed by atoms with Gasteiger partial charge in [0.25, 0.3) is 5.91 Å². The van der Waals surface area contributed by atoms with Gasteiger partial charge in [-0.2, -0.15) is 5.10 Å². The van der Waals surface area contributed by atoms with Gasteiger partial charge in [-0.05, 0) is 43.5 Å². The number of rotatable bonds is 3. The molecule has 24 heavy (non-hydrogen) atoms. The van der Waals surface area contributed by atoms with Gasteiger partial charge in [-0.15, -0.1) is 0 Å². The quantitative estimate of drug-likeness (QED) is 0.773. The summed E-state index contributed by atoms with van der Waals surface area (Å²) in [7, 11) is -3.05. The first-order valence-electron chi connectivity index (χ1n) is 7.63. The number of carbonyl (C=O) groups is 1. The van der Waals surface area contributed by atoms with Crippen LogP contribution in [0.1, 0.15) is 28.0 Å². The molecular formula is C16H19N3O4S. The molecule has 2 aromatic rings. The predicted molar refractivity (Wildman–Crippen MR) is 89.7 cm³/mol. The van der Waals surface area contributed by atoms with E-state index >= 15 is 0 Å². The van der Waals surface area contributed by atoms with Crippen LogP contribution in [0.3, 0.4) is 0 Å². The fourth-order valence-corrected chi connectivity index (χ4v) is 4.43. The summed E-state index contributed by atoms with van der Waals surface area (Å²) in [6.07, 6.45) is 0.424. The van der Waals surface area contributed by atoms with Crippen molar-refractivity contribution in [3.63, 3.8) is 0 Å². The van der Waals surface area contributed by atoms with Crippen LogP contribution in [0.15, 0.2) is 18.2 Å². The summed E-state index contributed by atoms with van der Waals surface area (Å²) in [6.45, 7) is 3.72. The number of sulfone groups is 1. The highest BCUT2D eigenvalue weighted by molar-refractivity contribution is 7.91. The lowest BCUT2D eigenvalue weighted by Crippen LogP contribution is -2.35. The number of H-pyrrole nitrogens is 1. The van der Waals surface area contributed by atoms with Gasteiger partial charge in [-0.1, -0.05) is 6.07 Å². The monoisotopic (exact) mass is 349 g/mol. The number of nitrogens with one attached hydrogen (secondary N) is 2. The maximum atomic E-state index is 12.2. The number of carbonyl (C=O) groups excluding carboxylic acids is 1. The number of phenolic OH excluding ortho intramolecular Hbond substituents is 1. The Labute approximate surface area is 140 Å². The molecule has 1 aromatic heterocycles. The van der Waals surface area contributed by atoms with Gasteiger partial charge in [0.1, 0.15) is 11.4 Å². The van der Waals surface area contributed by atoms with Crippen LogP contribution >= 0.6 is 0 Å². The van der Waals surface area contributed by atoms with Crippen molar-refractivity contribution in [3.05, 3.63) is 35.0 Å². The zero-order valence-electron chi connectivity index (χ0n) is 13.5. The van der Waals surface area contributed by atoms with Crippen molar-refractivity contribution >= 4 is 15.7 Å². The molecule has 3 rings (SSSR count). The summed E-state index contributed by atoms with van der Waals surface area (Å²) < 4.78 is 22.9. The van der Waals surface area contributed by atoms with Crippen molar-refractivity contribution < 1.29 is 18.3 Å². The van der Waals surface area contributed by atoms with E-state index in [1.165, 1.54) is 0 Å². The first-order valence-corrected chi connectivity index (χ1v) is 9.45. The standard InChI is InChI=1S/C16H19N3O4S/c1-9-3-4-12(15(20)10(9)2)13-7-14(19-18-13)16(21)17-11-5-6-24(22,23)8-11/h3-4,7,11,20H,5-6,8H2,1-2H3,(H,17,21)(H,18,19)/t11-/m1/s1. The van der Waals surface area contributed by atoms with Gasteiger partial charge < -0.3 is 10.4 Å². The maximum absolute atomic E-state index is 12.2. The molecule has 1 aromatic carbocycles. The minimum absolute atomic E-state index is 0.0301. The second kappa shape index (κ2) is 5.94. The van der Waals surface area contributed by atoms with Crippen LogP contribution in [0.5, 0.6) is 5.75 Å². The fraction of sp³-hybridized carbons (Fsp3) is 0.375. The lowest BCUT2D eigenvalue weighted by atomic mass is 10.0. The summed E-state index contributed by atoms with van der Waals surface area (Å²) in [4.78, 5) is 12.2. The topological polar surface area (TPSA) is 112 Å². The Morgan fingerprint density at radius 2 is 2.12 bits per heavy atom. The van der Waals surface area contributed by atoms with E-state index < -0.39 is 15.7 Å². The molecule has 0 unspecified atom stereocenters. The molecule has 1 atom stereocenters. The minimum Gasteiger partial charge on any atom is -0.507 e. The number of nitrogens with zero attached hydrogens (tertiary/aromatic N) is 1. The summed E-state index contributed by atoms with van der Waals surface area (Å²) in [5, 5.41) is 19.7.